The lowest BCUT2D eigenvalue weighted by atomic mass is 9.70. The van der Waals surface area contributed by atoms with Crippen molar-refractivity contribution in [2.45, 2.75) is 129 Å². The first-order valence-electron chi connectivity index (χ1n) is 14.5. The molecule has 2 aliphatic carbocycles. The first kappa shape index (κ1) is 27.8. The second-order valence-electron chi connectivity index (χ2n) is 12.7. The fourth-order valence-electron chi connectivity index (χ4n) is 6.16. The van der Waals surface area contributed by atoms with Crippen molar-refractivity contribution in [2.24, 2.45) is 17.3 Å². The molecule has 0 N–H and O–H groups in total. The Morgan fingerprint density at radius 1 is 0.657 bits per heavy atom. The molecule has 4 atom stereocenters. The Bertz CT molecular complexity index is 538. The Morgan fingerprint density at radius 2 is 1.03 bits per heavy atom. The lowest BCUT2D eigenvalue weighted by Crippen LogP contribution is -2.30. The third-order valence-electron chi connectivity index (χ3n) is 8.34. The fraction of sp³-hybridized carbons (Fsp3) is 1.00. The van der Waals surface area contributed by atoms with Gasteiger partial charge in [0.15, 0.2) is 0 Å². The third-order valence-corrected chi connectivity index (χ3v) is 8.34. The molecule has 0 aromatic heterocycles. The van der Waals surface area contributed by atoms with Crippen LogP contribution in [-0.2, 0) is 28.4 Å². The summed E-state index contributed by atoms with van der Waals surface area (Å²) >= 11 is 0. The van der Waals surface area contributed by atoms with Gasteiger partial charge in [0, 0.05) is 0 Å². The van der Waals surface area contributed by atoms with Crippen LogP contribution in [0.25, 0.3) is 0 Å². The minimum absolute atomic E-state index is 0.163. The highest BCUT2D eigenvalue weighted by Gasteiger charge is 2.32. The van der Waals surface area contributed by atoms with Crippen molar-refractivity contribution < 1.29 is 28.4 Å². The Kier molecular flexibility index (Phi) is 10.7. The van der Waals surface area contributed by atoms with Gasteiger partial charge in [-0.25, -0.2) is 0 Å². The van der Waals surface area contributed by atoms with E-state index in [1.54, 1.807) is 0 Å². The summed E-state index contributed by atoms with van der Waals surface area (Å²) in [5, 5.41) is 0. The van der Waals surface area contributed by atoms with Gasteiger partial charge in [0.25, 0.3) is 0 Å². The average Bonchev–Trinajstić information content (AvgIpc) is 3.75. The summed E-state index contributed by atoms with van der Waals surface area (Å²) in [5.74, 6) is 1.71. The molecule has 0 aromatic carbocycles. The number of rotatable bonds is 16. The van der Waals surface area contributed by atoms with Crippen molar-refractivity contribution in [3.63, 3.8) is 0 Å². The van der Waals surface area contributed by atoms with Crippen LogP contribution in [0, 0.1) is 17.3 Å². The molecule has 0 bridgehead atoms. The monoisotopic (exact) mass is 496 g/mol. The van der Waals surface area contributed by atoms with Gasteiger partial charge >= 0.3 is 0 Å². The van der Waals surface area contributed by atoms with Gasteiger partial charge < -0.3 is 28.4 Å². The van der Waals surface area contributed by atoms with Crippen LogP contribution in [0.2, 0.25) is 0 Å². The van der Waals surface area contributed by atoms with Crippen molar-refractivity contribution >= 4 is 0 Å². The zero-order chi connectivity index (χ0) is 24.7. The molecule has 4 unspecified atom stereocenters. The summed E-state index contributed by atoms with van der Waals surface area (Å²) in [6, 6.07) is 0. The Morgan fingerprint density at radius 3 is 1.37 bits per heavy atom. The molecular weight excluding hydrogens is 444 g/mol. The molecule has 2 aliphatic heterocycles. The molecule has 204 valence electrons. The lowest BCUT2D eigenvalue weighted by Gasteiger charge is -2.38. The minimum Gasteiger partial charge on any atom is -0.376 e. The average molecular weight is 497 g/mol. The van der Waals surface area contributed by atoms with Crippen LogP contribution in [-0.4, -0.2) is 76.3 Å². The van der Waals surface area contributed by atoms with E-state index in [1.807, 2.05) is 0 Å². The molecule has 2 saturated heterocycles. The first-order chi connectivity index (χ1) is 16.8. The molecule has 2 heterocycles. The Balaban J connectivity index is 1.04. The quantitative estimate of drug-likeness (QED) is 0.261. The van der Waals surface area contributed by atoms with Crippen LogP contribution in [0.15, 0.2) is 0 Å². The van der Waals surface area contributed by atoms with E-state index < -0.39 is 0 Å². The first-order valence-corrected chi connectivity index (χ1v) is 14.5. The van der Waals surface area contributed by atoms with E-state index in [2.05, 4.69) is 27.7 Å². The SMILES string of the molecule is CC(COC1CCC(CC(C)(C)CC2CCC(OCC(C)OCC3CO3)CC2)CC1)OCC1CO1. The summed E-state index contributed by atoms with van der Waals surface area (Å²) in [6.45, 7) is 13.8. The van der Waals surface area contributed by atoms with Gasteiger partial charge in [-0.2, -0.15) is 0 Å². The second kappa shape index (κ2) is 13.5. The maximum absolute atomic E-state index is 6.18. The summed E-state index contributed by atoms with van der Waals surface area (Å²) in [4.78, 5) is 0. The molecule has 6 heteroatoms. The molecule has 4 rings (SSSR count). The van der Waals surface area contributed by atoms with Gasteiger partial charge in [-0.1, -0.05) is 13.8 Å². The maximum atomic E-state index is 6.18. The van der Waals surface area contributed by atoms with Crippen LogP contribution in [0.5, 0.6) is 0 Å². The maximum Gasteiger partial charge on any atom is 0.104 e. The van der Waals surface area contributed by atoms with Crippen LogP contribution >= 0.6 is 0 Å². The number of hydrogen-bond acceptors (Lipinski definition) is 6. The topological polar surface area (TPSA) is 62.0 Å². The summed E-state index contributed by atoms with van der Waals surface area (Å²) in [5.41, 5.74) is 0.428. The highest BCUT2D eigenvalue weighted by Crippen LogP contribution is 2.42. The molecule has 4 aliphatic rings. The third kappa shape index (κ3) is 11.0. The lowest BCUT2D eigenvalue weighted by molar-refractivity contribution is -0.0565. The van der Waals surface area contributed by atoms with E-state index in [0.29, 0.717) is 56.3 Å². The summed E-state index contributed by atoms with van der Waals surface area (Å²) in [6.07, 6.45) is 14.6. The van der Waals surface area contributed by atoms with Crippen LogP contribution in [0.4, 0.5) is 0 Å². The Labute approximate surface area is 214 Å². The van der Waals surface area contributed by atoms with Gasteiger partial charge in [-0.15, -0.1) is 0 Å². The smallest absolute Gasteiger partial charge is 0.104 e. The normalized spacial score (nSPS) is 35.0. The molecule has 35 heavy (non-hydrogen) atoms. The zero-order valence-corrected chi connectivity index (χ0v) is 22.9. The van der Waals surface area contributed by atoms with Crippen LogP contribution < -0.4 is 0 Å². The van der Waals surface area contributed by atoms with E-state index in [4.69, 9.17) is 28.4 Å². The predicted molar refractivity (Wildman–Crippen MR) is 137 cm³/mol. The standard InChI is InChI=1S/C29H52O6/c1-21(30-17-27-19-34-27)15-32-25-9-5-23(6-10-25)13-29(3,4)14-24-7-11-26(12-8-24)33-16-22(2)31-18-28-20-35-28/h21-28H,5-20H2,1-4H3. The highest BCUT2D eigenvalue weighted by molar-refractivity contribution is 4.83. The Hall–Kier alpha value is -0.240. The molecule has 0 spiro atoms. The van der Waals surface area contributed by atoms with Crippen LogP contribution in [0.1, 0.15) is 91.9 Å². The van der Waals surface area contributed by atoms with Crippen molar-refractivity contribution in [1.29, 1.82) is 0 Å². The zero-order valence-electron chi connectivity index (χ0n) is 22.9. The largest absolute Gasteiger partial charge is 0.376 e. The number of ether oxygens (including phenoxy) is 6. The van der Waals surface area contributed by atoms with E-state index in [-0.39, 0.29) is 12.2 Å². The molecule has 0 radical (unpaired) electrons. The minimum atomic E-state index is 0.163. The van der Waals surface area contributed by atoms with Gasteiger partial charge in [-0.05, 0) is 95.3 Å². The molecule has 6 nitrogen and oxygen atoms in total. The number of epoxide rings is 2. The van der Waals surface area contributed by atoms with Crippen molar-refractivity contribution in [3.8, 4) is 0 Å². The van der Waals surface area contributed by atoms with E-state index in [1.165, 1.54) is 64.2 Å². The number of hydrogen-bond donors (Lipinski definition) is 0. The van der Waals surface area contributed by atoms with E-state index >= 15 is 0 Å². The van der Waals surface area contributed by atoms with E-state index in [0.717, 1.165) is 25.0 Å². The summed E-state index contributed by atoms with van der Waals surface area (Å²) in [7, 11) is 0. The molecule has 2 saturated carbocycles. The second-order valence-corrected chi connectivity index (χ2v) is 12.7. The van der Waals surface area contributed by atoms with Crippen molar-refractivity contribution in [1.82, 2.24) is 0 Å². The van der Waals surface area contributed by atoms with Crippen LogP contribution in [0.3, 0.4) is 0 Å². The molecule has 4 fully saturated rings. The molecule has 0 aromatic rings. The van der Waals surface area contributed by atoms with Crippen molar-refractivity contribution in [2.75, 3.05) is 39.6 Å². The molecule has 0 amide bonds. The molecular formula is C29H52O6. The van der Waals surface area contributed by atoms with Gasteiger partial charge in [0.2, 0.25) is 0 Å². The fourth-order valence-corrected chi connectivity index (χ4v) is 6.16. The highest BCUT2D eigenvalue weighted by atomic mass is 16.6. The van der Waals surface area contributed by atoms with Gasteiger partial charge in [-0.3, -0.25) is 0 Å². The van der Waals surface area contributed by atoms with Gasteiger partial charge in [0.05, 0.1) is 64.1 Å². The van der Waals surface area contributed by atoms with Crippen molar-refractivity contribution in [3.05, 3.63) is 0 Å². The van der Waals surface area contributed by atoms with Gasteiger partial charge in [0.1, 0.15) is 12.2 Å². The predicted octanol–water partition coefficient (Wildman–Crippen LogP) is 5.55. The summed E-state index contributed by atoms with van der Waals surface area (Å²) < 4.78 is 34.4. The van der Waals surface area contributed by atoms with E-state index in [9.17, 15) is 0 Å².